The van der Waals surface area contributed by atoms with Crippen molar-refractivity contribution in [1.82, 2.24) is 15.2 Å². The van der Waals surface area contributed by atoms with Gasteiger partial charge in [0.15, 0.2) is 6.04 Å². The predicted octanol–water partition coefficient (Wildman–Crippen LogP) is 4.76. The number of alkyl halides is 3. The highest BCUT2D eigenvalue weighted by atomic mass is 19.4. The summed E-state index contributed by atoms with van der Waals surface area (Å²) in [4.78, 5) is 29.2. The van der Waals surface area contributed by atoms with Gasteiger partial charge in [-0.05, 0) is 48.9 Å². The molecule has 2 aliphatic carbocycles. The normalized spacial score (nSPS) is 23.6. The van der Waals surface area contributed by atoms with Crippen LogP contribution in [0.1, 0.15) is 62.9 Å². The van der Waals surface area contributed by atoms with E-state index in [0.717, 1.165) is 11.3 Å². The largest absolute Gasteiger partial charge is 0.414 e. The fraction of sp³-hybridized carbons (Fsp3) is 0.519. The molecule has 0 spiro atoms. The van der Waals surface area contributed by atoms with Crippen molar-refractivity contribution in [3.05, 3.63) is 59.4 Å². The first-order chi connectivity index (χ1) is 16.9. The molecule has 0 bridgehead atoms. The number of hydrogen-bond donors (Lipinski definition) is 2. The summed E-state index contributed by atoms with van der Waals surface area (Å²) in [6.07, 6.45) is -1.11. The molecule has 2 aromatic rings. The summed E-state index contributed by atoms with van der Waals surface area (Å²) >= 11 is 0. The highest BCUT2D eigenvalue weighted by Gasteiger charge is 2.48. The summed E-state index contributed by atoms with van der Waals surface area (Å²) < 4.78 is 42.4. The van der Waals surface area contributed by atoms with Crippen LogP contribution in [0.5, 0.6) is 0 Å². The maximum Gasteiger partial charge on any atom is 0.414 e. The molecule has 0 aliphatic heterocycles. The van der Waals surface area contributed by atoms with E-state index in [1.54, 1.807) is 6.07 Å². The third kappa shape index (κ3) is 5.20. The highest BCUT2D eigenvalue weighted by molar-refractivity contribution is 5.80. The summed E-state index contributed by atoms with van der Waals surface area (Å²) in [6.45, 7) is 5.69. The average molecular weight is 503 g/mol. The number of nitrogens with one attached hydrogen (secondary N) is 2. The van der Waals surface area contributed by atoms with Crippen LogP contribution in [0.4, 0.5) is 18.9 Å². The Morgan fingerprint density at radius 1 is 1.14 bits per heavy atom. The lowest BCUT2D eigenvalue weighted by Crippen LogP contribution is -2.43. The van der Waals surface area contributed by atoms with E-state index in [-0.39, 0.29) is 29.1 Å². The number of anilines is 1. The van der Waals surface area contributed by atoms with Crippen LogP contribution >= 0.6 is 0 Å². The number of carbonyl (C=O) groups is 2. The number of aromatic nitrogens is 1. The van der Waals surface area contributed by atoms with Crippen LogP contribution < -0.4 is 10.6 Å². The van der Waals surface area contributed by atoms with Gasteiger partial charge in [-0.25, -0.2) is 0 Å². The molecule has 1 aromatic carbocycles. The lowest BCUT2D eigenvalue weighted by atomic mass is 9.83. The van der Waals surface area contributed by atoms with Crippen molar-refractivity contribution in [3.63, 3.8) is 0 Å². The zero-order valence-electron chi connectivity index (χ0n) is 21.0. The van der Waals surface area contributed by atoms with E-state index in [4.69, 9.17) is 0 Å². The van der Waals surface area contributed by atoms with Gasteiger partial charge in [0.2, 0.25) is 11.8 Å². The van der Waals surface area contributed by atoms with Gasteiger partial charge >= 0.3 is 6.18 Å². The molecule has 0 saturated heterocycles. The summed E-state index contributed by atoms with van der Waals surface area (Å²) in [7, 11) is 1.18. The Labute approximate surface area is 209 Å². The SMILES string of the molecule is CC(=O)N[C@H]1CC[C@@H](C(=O)N(C)C(c2ccc(N[C@@H]3Cc4ccccc4C3(C)C)cn2)C(F)(F)F)C1. The van der Waals surface area contributed by atoms with Crippen molar-refractivity contribution in [1.29, 1.82) is 0 Å². The van der Waals surface area contributed by atoms with Crippen molar-refractivity contribution in [2.45, 2.75) is 76.2 Å². The van der Waals surface area contributed by atoms with Gasteiger partial charge in [-0.3, -0.25) is 14.6 Å². The Hall–Kier alpha value is -3.10. The molecule has 4 atom stereocenters. The molecular weight excluding hydrogens is 469 g/mol. The van der Waals surface area contributed by atoms with Gasteiger partial charge in [-0.2, -0.15) is 13.2 Å². The number of fused-ring (bicyclic) bond motifs is 1. The lowest BCUT2D eigenvalue weighted by Gasteiger charge is -2.32. The van der Waals surface area contributed by atoms with E-state index in [1.165, 1.54) is 37.4 Å². The first kappa shape index (κ1) is 26.0. The van der Waals surface area contributed by atoms with Gasteiger partial charge < -0.3 is 15.5 Å². The predicted molar refractivity (Wildman–Crippen MR) is 131 cm³/mol. The van der Waals surface area contributed by atoms with E-state index >= 15 is 0 Å². The van der Waals surface area contributed by atoms with E-state index in [9.17, 15) is 22.8 Å². The maximum absolute atomic E-state index is 14.1. The number of halogens is 3. The van der Waals surface area contributed by atoms with E-state index in [1.807, 2.05) is 12.1 Å². The number of rotatable bonds is 6. The van der Waals surface area contributed by atoms with Crippen molar-refractivity contribution < 1.29 is 22.8 Å². The van der Waals surface area contributed by atoms with Crippen LogP contribution in [-0.4, -0.2) is 47.0 Å². The molecule has 0 radical (unpaired) electrons. The van der Waals surface area contributed by atoms with Gasteiger partial charge in [-0.1, -0.05) is 38.1 Å². The van der Waals surface area contributed by atoms with E-state index in [2.05, 4.69) is 41.6 Å². The monoisotopic (exact) mass is 502 g/mol. The van der Waals surface area contributed by atoms with Gasteiger partial charge in [0.25, 0.3) is 0 Å². The second-order valence-electron chi connectivity index (χ2n) is 10.6. The number of amides is 2. The minimum absolute atomic E-state index is 0.0733. The smallest absolute Gasteiger partial charge is 0.380 e. The second kappa shape index (κ2) is 9.75. The van der Waals surface area contributed by atoms with Crippen molar-refractivity contribution in [2.24, 2.45) is 5.92 Å². The van der Waals surface area contributed by atoms with Gasteiger partial charge in [-0.15, -0.1) is 0 Å². The Morgan fingerprint density at radius 2 is 1.86 bits per heavy atom. The fourth-order valence-electron chi connectivity index (χ4n) is 5.70. The van der Waals surface area contributed by atoms with Gasteiger partial charge in [0.1, 0.15) is 0 Å². The molecule has 2 amide bonds. The molecule has 9 heteroatoms. The summed E-state index contributed by atoms with van der Waals surface area (Å²) in [6, 6.07) is 8.91. The van der Waals surface area contributed by atoms with Crippen LogP contribution in [0.3, 0.4) is 0 Å². The van der Waals surface area contributed by atoms with Crippen LogP contribution in [0.25, 0.3) is 0 Å². The Morgan fingerprint density at radius 3 is 2.47 bits per heavy atom. The van der Waals surface area contributed by atoms with Crippen molar-refractivity contribution >= 4 is 17.5 Å². The molecule has 1 heterocycles. The Kier molecular flexibility index (Phi) is 7.03. The highest BCUT2D eigenvalue weighted by Crippen LogP contribution is 2.41. The van der Waals surface area contributed by atoms with Crippen LogP contribution in [-0.2, 0) is 21.4 Å². The number of benzene rings is 1. The van der Waals surface area contributed by atoms with Crippen molar-refractivity contribution in [3.8, 4) is 0 Å². The third-order valence-corrected chi connectivity index (χ3v) is 7.65. The maximum atomic E-state index is 14.1. The summed E-state index contributed by atoms with van der Waals surface area (Å²) in [5.41, 5.74) is 2.78. The number of pyridine rings is 1. The quantitative estimate of drug-likeness (QED) is 0.597. The molecule has 1 saturated carbocycles. The van der Waals surface area contributed by atoms with Crippen LogP contribution in [0.2, 0.25) is 0 Å². The molecule has 2 aliphatic rings. The molecule has 6 nitrogen and oxygen atoms in total. The van der Waals surface area contributed by atoms with Gasteiger partial charge in [0, 0.05) is 37.4 Å². The molecule has 2 N–H and O–H groups in total. The first-order valence-corrected chi connectivity index (χ1v) is 12.3. The van der Waals surface area contributed by atoms with E-state index in [0.29, 0.717) is 24.9 Å². The zero-order valence-corrected chi connectivity index (χ0v) is 21.0. The zero-order chi connectivity index (χ0) is 26.3. The number of carbonyl (C=O) groups excluding carboxylic acids is 2. The molecule has 1 unspecified atom stereocenters. The molecule has 1 fully saturated rings. The van der Waals surface area contributed by atoms with Crippen LogP contribution in [0.15, 0.2) is 42.6 Å². The number of nitrogens with zero attached hydrogens (tertiary/aromatic N) is 2. The molecule has 194 valence electrons. The Balaban J connectivity index is 1.48. The standard InChI is InChI=1S/C27H33F3N4O2/c1-16(35)32-19-10-9-18(13-19)25(36)34(4)24(27(28,29)30)22-12-11-20(15-31-22)33-23-14-17-7-5-6-8-21(17)26(23,2)3/h5-8,11-12,15,18-19,23-24,33H,9-10,13-14H2,1-4H3,(H,32,35)/t18-,19+,23-,24?/m1/s1. The molecular formula is C27H33F3N4O2. The topological polar surface area (TPSA) is 74.3 Å². The minimum Gasteiger partial charge on any atom is -0.380 e. The summed E-state index contributed by atoms with van der Waals surface area (Å²) in [5, 5.41) is 6.19. The summed E-state index contributed by atoms with van der Waals surface area (Å²) in [5.74, 6) is -1.36. The van der Waals surface area contributed by atoms with Crippen LogP contribution in [0, 0.1) is 5.92 Å². The number of hydrogen-bond acceptors (Lipinski definition) is 4. The average Bonchev–Trinajstić information content (AvgIpc) is 3.35. The molecule has 36 heavy (non-hydrogen) atoms. The fourth-order valence-corrected chi connectivity index (χ4v) is 5.70. The van der Waals surface area contributed by atoms with Gasteiger partial charge in [0.05, 0.1) is 17.6 Å². The van der Waals surface area contributed by atoms with Crippen molar-refractivity contribution in [2.75, 3.05) is 12.4 Å². The first-order valence-electron chi connectivity index (χ1n) is 12.3. The molecule has 1 aromatic heterocycles. The minimum atomic E-state index is -4.68. The lowest BCUT2D eigenvalue weighted by molar-refractivity contribution is -0.191. The third-order valence-electron chi connectivity index (χ3n) is 7.65. The second-order valence-corrected chi connectivity index (χ2v) is 10.6. The molecule has 4 rings (SSSR count). The Bertz CT molecular complexity index is 1120. The van der Waals surface area contributed by atoms with E-state index < -0.39 is 24.0 Å².